The fourth-order valence-electron chi connectivity index (χ4n) is 3.30. The Hall–Kier alpha value is -3.39. The number of benzene rings is 2. The standard InChI is InChI=1S/C21H21ClN6O2/c1-4-23-21(29)14-7-5-13(9-17(14)30-3)20-25-18(28(2)27-20)10-12-6-8-16-15(19(12)22)11-24-26-16/h5-9,11H,4,10H2,1-3H3,(H,23,29)(H,24,26). The molecule has 154 valence electrons. The van der Waals surface area contributed by atoms with Gasteiger partial charge in [-0.3, -0.25) is 14.6 Å². The van der Waals surface area contributed by atoms with E-state index in [0.29, 0.717) is 35.1 Å². The van der Waals surface area contributed by atoms with Crippen molar-refractivity contribution >= 4 is 28.4 Å². The molecule has 0 aliphatic rings. The second-order valence-electron chi connectivity index (χ2n) is 6.80. The second kappa shape index (κ2) is 8.16. The number of nitrogens with zero attached hydrogens (tertiary/aromatic N) is 4. The van der Waals surface area contributed by atoms with E-state index in [1.165, 1.54) is 7.11 Å². The van der Waals surface area contributed by atoms with Crippen LogP contribution in [0.5, 0.6) is 5.75 Å². The number of H-pyrrole nitrogens is 1. The molecule has 0 saturated heterocycles. The zero-order chi connectivity index (χ0) is 21.3. The van der Waals surface area contributed by atoms with Gasteiger partial charge < -0.3 is 10.1 Å². The minimum atomic E-state index is -0.181. The Labute approximate surface area is 178 Å². The minimum Gasteiger partial charge on any atom is -0.496 e. The lowest BCUT2D eigenvalue weighted by Crippen LogP contribution is -2.23. The summed E-state index contributed by atoms with van der Waals surface area (Å²) in [6.07, 6.45) is 2.24. The van der Waals surface area contributed by atoms with Gasteiger partial charge in [0.15, 0.2) is 5.82 Å². The van der Waals surface area contributed by atoms with E-state index < -0.39 is 0 Å². The van der Waals surface area contributed by atoms with Crippen molar-refractivity contribution in [1.29, 1.82) is 0 Å². The fourth-order valence-corrected chi connectivity index (χ4v) is 3.58. The largest absolute Gasteiger partial charge is 0.496 e. The van der Waals surface area contributed by atoms with E-state index in [4.69, 9.17) is 16.3 Å². The second-order valence-corrected chi connectivity index (χ2v) is 7.17. The van der Waals surface area contributed by atoms with E-state index >= 15 is 0 Å². The van der Waals surface area contributed by atoms with Crippen LogP contribution in [-0.2, 0) is 13.5 Å². The molecule has 2 heterocycles. The van der Waals surface area contributed by atoms with Crippen LogP contribution in [0.1, 0.15) is 28.7 Å². The number of aryl methyl sites for hydroxylation is 1. The third-order valence-corrected chi connectivity index (χ3v) is 5.33. The first-order valence-corrected chi connectivity index (χ1v) is 9.86. The van der Waals surface area contributed by atoms with E-state index in [1.807, 2.05) is 32.2 Å². The highest BCUT2D eigenvalue weighted by Crippen LogP contribution is 2.29. The van der Waals surface area contributed by atoms with Crippen LogP contribution < -0.4 is 10.1 Å². The summed E-state index contributed by atoms with van der Waals surface area (Å²) >= 11 is 6.55. The molecule has 0 fully saturated rings. The number of rotatable bonds is 6. The lowest BCUT2D eigenvalue weighted by molar-refractivity contribution is 0.0953. The topological polar surface area (TPSA) is 97.7 Å². The highest BCUT2D eigenvalue weighted by Gasteiger charge is 2.17. The molecule has 4 aromatic rings. The first-order valence-electron chi connectivity index (χ1n) is 9.48. The highest BCUT2D eigenvalue weighted by molar-refractivity contribution is 6.36. The Balaban J connectivity index is 1.65. The predicted molar refractivity (Wildman–Crippen MR) is 115 cm³/mol. The van der Waals surface area contributed by atoms with Crippen LogP contribution in [0.3, 0.4) is 0 Å². The molecule has 2 N–H and O–H groups in total. The summed E-state index contributed by atoms with van der Waals surface area (Å²) in [5.74, 6) is 1.61. The van der Waals surface area contributed by atoms with Gasteiger partial charge in [0.1, 0.15) is 11.6 Å². The molecule has 1 amide bonds. The van der Waals surface area contributed by atoms with Gasteiger partial charge in [-0.15, -0.1) is 0 Å². The number of halogens is 1. The zero-order valence-electron chi connectivity index (χ0n) is 16.9. The van der Waals surface area contributed by atoms with Crippen LogP contribution in [0.2, 0.25) is 5.02 Å². The van der Waals surface area contributed by atoms with Crippen LogP contribution in [0.15, 0.2) is 36.5 Å². The molecule has 30 heavy (non-hydrogen) atoms. The first-order chi connectivity index (χ1) is 14.5. The monoisotopic (exact) mass is 424 g/mol. The molecule has 0 radical (unpaired) electrons. The molecule has 9 heteroatoms. The van der Waals surface area contributed by atoms with Crippen LogP contribution >= 0.6 is 11.6 Å². The number of hydrogen-bond donors (Lipinski definition) is 2. The number of carbonyl (C=O) groups is 1. The maximum atomic E-state index is 12.2. The van der Waals surface area contributed by atoms with Crippen LogP contribution in [-0.4, -0.2) is 44.5 Å². The van der Waals surface area contributed by atoms with Gasteiger partial charge in [-0.05, 0) is 30.7 Å². The summed E-state index contributed by atoms with van der Waals surface area (Å²) in [5.41, 5.74) is 3.07. The molecule has 0 bridgehead atoms. The number of hydrogen-bond acceptors (Lipinski definition) is 5. The van der Waals surface area contributed by atoms with Crippen molar-refractivity contribution in [3.63, 3.8) is 0 Å². The SMILES string of the molecule is CCNC(=O)c1ccc(-c2nc(Cc3ccc4[nH]ncc4c3Cl)n(C)n2)cc1OC. The Bertz CT molecular complexity index is 1230. The number of methoxy groups -OCH3 is 1. The molecule has 0 aliphatic carbocycles. The first kappa shape index (κ1) is 19.9. The number of aromatic nitrogens is 5. The Morgan fingerprint density at radius 2 is 2.13 bits per heavy atom. The van der Waals surface area contributed by atoms with Crippen molar-refractivity contribution < 1.29 is 9.53 Å². The van der Waals surface area contributed by atoms with Crippen LogP contribution in [0.4, 0.5) is 0 Å². The third-order valence-electron chi connectivity index (χ3n) is 4.88. The summed E-state index contributed by atoms with van der Waals surface area (Å²) in [6, 6.07) is 9.22. The number of carbonyl (C=O) groups excluding carboxylic acids is 1. The minimum absolute atomic E-state index is 0.181. The molecule has 0 spiro atoms. The third kappa shape index (κ3) is 3.61. The summed E-state index contributed by atoms with van der Waals surface area (Å²) in [6.45, 7) is 2.41. The molecular formula is C21H21ClN6O2. The molecule has 2 aromatic carbocycles. The van der Waals surface area contributed by atoms with Crippen molar-refractivity contribution in [2.75, 3.05) is 13.7 Å². The molecule has 0 atom stereocenters. The van der Waals surface area contributed by atoms with Crippen molar-refractivity contribution in [1.82, 2.24) is 30.3 Å². The molecule has 0 unspecified atom stereocenters. The van der Waals surface area contributed by atoms with Gasteiger partial charge in [0.2, 0.25) is 0 Å². The summed E-state index contributed by atoms with van der Waals surface area (Å²) < 4.78 is 7.14. The summed E-state index contributed by atoms with van der Waals surface area (Å²) in [5, 5.41) is 15.8. The van der Waals surface area contributed by atoms with Crippen LogP contribution in [0, 0.1) is 0 Å². The van der Waals surface area contributed by atoms with E-state index in [9.17, 15) is 4.79 Å². The average molecular weight is 425 g/mol. The predicted octanol–water partition coefficient (Wildman–Crippen LogP) is 3.36. The number of fused-ring (bicyclic) bond motifs is 1. The lowest BCUT2D eigenvalue weighted by Gasteiger charge is -2.09. The van der Waals surface area contributed by atoms with Gasteiger partial charge in [-0.2, -0.15) is 10.2 Å². The lowest BCUT2D eigenvalue weighted by atomic mass is 10.1. The maximum absolute atomic E-state index is 12.2. The average Bonchev–Trinajstić information content (AvgIpc) is 3.37. The van der Waals surface area contributed by atoms with Gasteiger partial charge in [0.25, 0.3) is 5.91 Å². The maximum Gasteiger partial charge on any atom is 0.255 e. The van der Waals surface area contributed by atoms with Crippen molar-refractivity contribution in [3.05, 3.63) is 58.5 Å². The smallest absolute Gasteiger partial charge is 0.255 e. The zero-order valence-corrected chi connectivity index (χ0v) is 17.6. The Kier molecular flexibility index (Phi) is 5.41. The number of amides is 1. The molecule has 0 aliphatic heterocycles. The van der Waals surface area contributed by atoms with Crippen molar-refractivity contribution in [2.45, 2.75) is 13.3 Å². The number of aromatic amines is 1. The molecule has 4 rings (SSSR count). The van der Waals surface area contributed by atoms with Gasteiger partial charge in [0, 0.05) is 31.0 Å². The van der Waals surface area contributed by atoms with Crippen LogP contribution in [0.25, 0.3) is 22.3 Å². The normalized spacial score (nSPS) is 11.1. The van der Waals surface area contributed by atoms with Crippen molar-refractivity contribution in [3.8, 4) is 17.1 Å². The van der Waals surface area contributed by atoms with Gasteiger partial charge in [-0.25, -0.2) is 4.98 Å². The van der Waals surface area contributed by atoms with Gasteiger partial charge >= 0.3 is 0 Å². The molecule has 0 saturated carbocycles. The summed E-state index contributed by atoms with van der Waals surface area (Å²) in [4.78, 5) is 16.9. The van der Waals surface area contributed by atoms with E-state index in [-0.39, 0.29) is 5.91 Å². The van der Waals surface area contributed by atoms with Gasteiger partial charge in [-0.1, -0.05) is 23.7 Å². The molecular weight excluding hydrogens is 404 g/mol. The molecule has 8 nitrogen and oxygen atoms in total. The molecule has 2 aromatic heterocycles. The Morgan fingerprint density at radius 3 is 2.90 bits per heavy atom. The van der Waals surface area contributed by atoms with Crippen molar-refractivity contribution in [2.24, 2.45) is 7.05 Å². The van der Waals surface area contributed by atoms with E-state index in [2.05, 4.69) is 25.6 Å². The van der Waals surface area contributed by atoms with E-state index in [0.717, 1.165) is 27.9 Å². The highest BCUT2D eigenvalue weighted by atomic mass is 35.5. The quantitative estimate of drug-likeness (QED) is 0.494. The number of nitrogens with one attached hydrogen (secondary N) is 2. The van der Waals surface area contributed by atoms with Gasteiger partial charge in [0.05, 0.1) is 29.4 Å². The number of ether oxygens (including phenoxy) is 1. The summed E-state index contributed by atoms with van der Waals surface area (Å²) in [7, 11) is 3.38. The fraction of sp³-hybridized carbons (Fsp3) is 0.238. The Morgan fingerprint density at radius 1 is 1.30 bits per heavy atom. The van der Waals surface area contributed by atoms with E-state index in [1.54, 1.807) is 23.0 Å².